The molecule has 0 aliphatic carbocycles. The van der Waals surface area contributed by atoms with Gasteiger partial charge < -0.3 is 19.7 Å². The third-order valence-electron chi connectivity index (χ3n) is 3.54. The second-order valence-corrected chi connectivity index (χ2v) is 4.50. The van der Waals surface area contributed by atoms with Crippen molar-refractivity contribution in [3.05, 3.63) is 17.7 Å². The number of hydrogen-bond donors (Lipinski definition) is 2. The fourth-order valence-corrected chi connectivity index (χ4v) is 2.48. The third kappa shape index (κ3) is 2.11. The van der Waals surface area contributed by atoms with Crippen LogP contribution in [0.5, 0.6) is 17.2 Å². The molecule has 0 saturated carbocycles. The molecular formula is C13H19NO4. The van der Waals surface area contributed by atoms with E-state index in [4.69, 9.17) is 9.47 Å². The zero-order valence-electron chi connectivity index (χ0n) is 10.9. The molecule has 1 saturated heterocycles. The van der Waals surface area contributed by atoms with E-state index in [2.05, 4.69) is 0 Å². The first-order valence-electron chi connectivity index (χ1n) is 5.93. The molecule has 2 unspecified atom stereocenters. The first kappa shape index (κ1) is 13.0. The number of benzene rings is 1. The predicted molar refractivity (Wildman–Crippen MR) is 67.0 cm³/mol. The standard InChI is InChI=1S/C13H19NO4/c1-14-9(4-5-12(14)16)13-10(15)6-8(17-2)7-11(13)18-3/h6-7,9,12,15-16H,4-5H2,1-3H3. The normalized spacial score (nSPS) is 24.2. The quantitative estimate of drug-likeness (QED) is 0.854. The van der Waals surface area contributed by atoms with Gasteiger partial charge in [-0.3, -0.25) is 4.90 Å². The highest BCUT2D eigenvalue weighted by Crippen LogP contribution is 2.44. The molecule has 1 aromatic carbocycles. The summed E-state index contributed by atoms with van der Waals surface area (Å²) >= 11 is 0. The average Bonchev–Trinajstić information content (AvgIpc) is 2.69. The summed E-state index contributed by atoms with van der Waals surface area (Å²) in [4.78, 5) is 1.84. The van der Waals surface area contributed by atoms with Gasteiger partial charge in [-0.2, -0.15) is 0 Å². The number of aliphatic hydroxyl groups excluding tert-OH is 1. The van der Waals surface area contributed by atoms with Crippen LogP contribution in [0, 0.1) is 0 Å². The number of phenolic OH excluding ortho intramolecular Hbond substituents is 1. The molecule has 100 valence electrons. The fraction of sp³-hybridized carbons (Fsp3) is 0.538. The lowest BCUT2D eigenvalue weighted by Crippen LogP contribution is -2.27. The van der Waals surface area contributed by atoms with Crippen LogP contribution in [-0.2, 0) is 0 Å². The summed E-state index contributed by atoms with van der Waals surface area (Å²) in [5.74, 6) is 1.27. The summed E-state index contributed by atoms with van der Waals surface area (Å²) in [6, 6.07) is 3.27. The van der Waals surface area contributed by atoms with Crippen molar-refractivity contribution in [2.24, 2.45) is 0 Å². The van der Waals surface area contributed by atoms with Crippen molar-refractivity contribution in [1.29, 1.82) is 0 Å². The van der Waals surface area contributed by atoms with Gasteiger partial charge in [0.2, 0.25) is 0 Å². The average molecular weight is 253 g/mol. The van der Waals surface area contributed by atoms with Crippen molar-refractivity contribution in [2.45, 2.75) is 25.1 Å². The number of rotatable bonds is 3. The number of phenols is 1. The van der Waals surface area contributed by atoms with Crippen LogP contribution < -0.4 is 9.47 Å². The molecule has 0 spiro atoms. The number of ether oxygens (including phenoxy) is 2. The van der Waals surface area contributed by atoms with Crippen molar-refractivity contribution in [3.63, 3.8) is 0 Å². The summed E-state index contributed by atoms with van der Waals surface area (Å²) < 4.78 is 10.4. The maximum absolute atomic E-state index is 10.1. The van der Waals surface area contributed by atoms with E-state index in [1.54, 1.807) is 26.4 Å². The van der Waals surface area contributed by atoms with E-state index >= 15 is 0 Å². The van der Waals surface area contributed by atoms with E-state index in [0.29, 0.717) is 23.5 Å². The van der Waals surface area contributed by atoms with Gasteiger partial charge in [0.05, 0.1) is 19.8 Å². The van der Waals surface area contributed by atoms with E-state index in [1.165, 1.54) is 0 Å². The molecule has 2 atom stereocenters. The van der Waals surface area contributed by atoms with Gasteiger partial charge >= 0.3 is 0 Å². The molecule has 0 amide bonds. The second kappa shape index (κ2) is 5.04. The summed E-state index contributed by atoms with van der Waals surface area (Å²) in [7, 11) is 4.94. The number of nitrogens with zero attached hydrogens (tertiary/aromatic N) is 1. The Labute approximate surface area is 107 Å². The number of hydrogen-bond acceptors (Lipinski definition) is 5. The van der Waals surface area contributed by atoms with Crippen molar-refractivity contribution in [1.82, 2.24) is 4.90 Å². The van der Waals surface area contributed by atoms with Crippen molar-refractivity contribution in [3.8, 4) is 17.2 Å². The number of aromatic hydroxyl groups is 1. The largest absolute Gasteiger partial charge is 0.507 e. The Hall–Kier alpha value is -1.46. The monoisotopic (exact) mass is 253 g/mol. The zero-order chi connectivity index (χ0) is 13.3. The first-order valence-corrected chi connectivity index (χ1v) is 5.93. The smallest absolute Gasteiger partial charge is 0.131 e. The number of methoxy groups -OCH3 is 2. The van der Waals surface area contributed by atoms with Crippen LogP contribution in [0.4, 0.5) is 0 Å². The highest BCUT2D eigenvalue weighted by Gasteiger charge is 2.33. The third-order valence-corrected chi connectivity index (χ3v) is 3.54. The molecule has 0 radical (unpaired) electrons. The Bertz CT molecular complexity index is 435. The van der Waals surface area contributed by atoms with Gasteiger partial charge in [-0.1, -0.05) is 0 Å². The number of likely N-dealkylation sites (tertiary alicyclic amines) is 1. The minimum absolute atomic E-state index is 0.0409. The molecule has 5 heteroatoms. The fourth-order valence-electron chi connectivity index (χ4n) is 2.48. The van der Waals surface area contributed by atoms with E-state index < -0.39 is 6.23 Å². The van der Waals surface area contributed by atoms with Gasteiger partial charge in [0.1, 0.15) is 23.5 Å². The predicted octanol–water partition coefficient (Wildman–Crippen LogP) is 1.49. The summed E-state index contributed by atoms with van der Waals surface area (Å²) in [6.45, 7) is 0. The molecule has 1 aliphatic heterocycles. The van der Waals surface area contributed by atoms with E-state index in [1.807, 2.05) is 11.9 Å². The summed E-state index contributed by atoms with van der Waals surface area (Å²) in [5.41, 5.74) is 0.706. The highest BCUT2D eigenvalue weighted by atomic mass is 16.5. The summed E-state index contributed by atoms with van der Waals surface area (Å²) in [5, 5.41) is 19.9. The van der Waals surface area contributed by atoms with E-state index in [9.17, 15) is 10.2 Å². The lowest BCUT2D eigenvalue weighted by molar-refractivity contribution is 0.0365. The lowest BCUT2D eigenvalue weighted by atomic mass is 10.0. The van der Waals surface area contributed by atoms with Crippen LogP contribution in [0.25, 0.3) is 0 Å². The Balaban J connectivity index is 2.43. The van der Waals surface area contributed by atoms with Gasteiger partial charge in [-0.15, -0.1) is 0 Å². The molecule has 0 bridgehead atoms. The van der Waals surface area contributed by atoms with Crippen molar-refractivity contribution in [2.75, 3.05) is 21.3 Å². The molecular weight excluding hydrogens is 234 g/mol. The molecule has 2 N–H and O–H groups in total. The van der Waals surface area contributed by atoms with E-state index in [0.717, 1.165) is 6.42 Å². The van der Waals surface area contributed by atoms with Crippen LogP contribution >= 0.6 is 0 Å². The van der Waals surface area contributed by atoms with Gasteiger partial charge in [0.15, 0.2) is 0 Å². The molecule has 5 nitrogen and oxygen atoms in total. The van der Waals surface area contributed by atoms with Crippen molar-refractivity contribution >= 4 is 0 Å². The Morgan fingerprint density at radius 2 is 1.94 bits per heavy atom. The Morgan fingerprint density at radius 3 is 2.44 bits per heavy atom. The Kier molecular flexibility index (Phi) is 3.63. The molecule has 2 rings (SSSR count). The van der Waals surface area contributed by atoms with Crippen LogP contribution in [0.15, 0.2) is 12.1 Å². The number of aliphatic hydroxyl groups is 1. The SMILES string of the molecule is COc1cc(O)c(C2CCC(O)N2C)c(OC)c1. The van der Waals surface area contributed by atoms with Crippen LogP contribution in [0.2, 0.25) is 0 Å². The molecule has 18 heavy (non-hydrogen) atoms. The minimum Gasteiger partial charge on any atom is -0.507 e. The molecule has 0 aromatic heterocycles. The maximum atomic E-state index is 10.1. The topological polar surface area (TPSA) is 62.2 Å². The van der Waals surface area contributed by atoms with Gasteiger partial charge in [0, 0.05) is 18.2 Å². The van der Waals surface area contributed by atoms with Crippen LogP contribution in [0.3, 0.4) is 0 Å². The molecule has 1 heterocycles. The Morgan fingerprint density at radius 1 is 1.22 bits per heavy atom. The van der Waals surface area contributed by atoms with Gasteiger partial charge in [-0.25, -0.2) is 0 Å². The van der Waals surface area contributed by atoms with Gasteiger partial charge in [-0.05, 0) is 19.9 Å². The highest BCUT2D eigenvalue weighted by molar-refractivity contribution is 5.51. The first-order chi connectivity index (χ1) is 8.58. The van der Waals surface area contributed by atoms with Crippen LogP contribution in [-0.4, -0.2) is 42.6 Å². The molecule has 1 aliphatic rings. The zero-order valence-corrected chi connectivity index (χ0v) is 10.9. The maximum Gasteiger partial charge on any atom is 0.131 e. The van der Waals surface area contributed by atoms with Crippen molar-refractivity contribution < 1.29 is 19.7 Å². The summed E-state index contributed by atoms with van der Waals surface area (Å²) in [6.07, 6.45) is 1.00. The van der Waals surface area contributed by atoms with Gasteiger partial charge in [0.25, 0.3) is 0 Å². The minimum atomic E-state index is -0.471. The molecule has 1 aromatic rings. The van der Waals surface area contributed by atoms with E-state index in [-0.39, 0.29) is 11.8 Å². The van der Waals surface area contributed by atoms with Crippen LogP contribution in [0.1, 0.15) is 24.4 Å². The second-order valence-electron chi connectivity index (χ2n) is 4.50. The molecule has 1 fully saturated rings. The lowest BCUT2D eigenvalue weighted by Gasteiger charge is -2.25.